The SMILES string of the molecule is CN(C)C(=O)c1nn(-c2ccnc(N)n2)c2cc(C#CC3(O)CCn4ccnc43)ccc12. The number of carbonyl (C=O) groups is 1. The maximum atomic E-state index is 12.7. The van der Waals surface area contributed by atoms with Gasteiger partial charge >= 0.3 is 0 Å². The Bertz CT molecular complexity index is 1420. The summed E-state index contributed by atoms with van der Waals surface area (Å²) in [5, 5.41) is 16.1. The monoisotopic (exact) mass is 428 g/mol. The van der Waals surface area contributed by atoms with Crippen LogP contribution in [-0.4, -0.2) is 59.3 Å². The molecule has 4 aromatic rings. The second kappa shape index (κ2) is 7.18. The first-order chi connectivity index (χ1) is 15.4. The molecule has 0 spiro atoms. The van der Waals surface area contributed by atoms with Crippen molar-refractivity contribution in [3.63, 3.8) is 0 Å². The number of nitrogen functional groups attached to an aromatic ring is 1. The van der Waals surface area contributed by atoms with Crippen LogP contribution in [0.2, 0.25) is 0 Å². The Morgan fingerprint density at radius 3 is 2.88 bits per heavy atom. The maximum Gasteiger partial charge on any atom is 0.274 e. The van der Waals surface area contributed by atoms with E-state index in [-0.39, 0.29) is 17.5 Å². The van der Waals surface area contributed by atoms with Crippen molar-refractivity contribution in [2.75, 3.05) is 19.8 Å². The van der Waals surface area contributed by atoms with E-state index in [1.54, 1.807) is 43.2 Å². The Balaban J connectivity index is 1.64. The molecular formula is C22H20N8O2. The van der Waals surface area contributed by atoms with Gasteiger partial charge in [0, 0.05) is 62.7 Å². The highest BCUT2D eigenvalue weighted by Gasteiger charge is 2.37. The summed E-state index contributed by atoms with van der Waals surface area (Å²) < 4.78 is 3.44. The van der Waals surface area contributed by atoms with Crippen molar-refractivity contribution in [3.05, 3.63) is 59.9 Å². The molecule has 32 heavy (non-hydrogen) atoms. The summed E-state index contributed by atoms with van der Waals surface area (Å²) in [7, 11) is 3.34. The van der Waals surface area contributed by atoms with Crippen LogP contribution in [0.1, 0.15) is 28.3 Å². The molecule has 10 nitrogen and oxygen atoms in total. The van der Waals surface area contributed by atoms with Crippen LogP contribution in [0, 0.1) is 11.8 Å². The van der Waals surface area contributed by atoms with Gasteiger partial charge in [0.25, 0.3) is 5.91 Å². The topological polar surface area (TPSA) is 128 Å². The average molecular weight is 428 g/mol. The molecule has 1 aliphatic heterocycles. The van der Waals surface area contributed by atoms with Crippen molar-refractivity contribution in [2.45, 2.75) is 18.6 Å². The number of fused-ring (bicyclic) bond motifs is 2. The Kier molecular flexibility index (Phi) is 4.42. The standard InChI is InChI=1S/C22H20N8O2/c1-28(2)19(31)18-15-4-3-14(5-7-22(32)8-11-29-12-10-24-20(22)29)13-16(15)30(27-18)17-6-9-25-21(23)26-17/h3-4,6,9-10,12-13,32H,8,11H2,1-2H3,(H2,23,25,26). The van der Waals surface area contributed by atoms with Crippen molar-refractivity contribution in [3.8, 4) is 17.7 Å². The molecule has 3 N–H and O–H groups in total. The lowest BCUT2D eigenvalue weighted by Gasteiger charge is -2.12. The summed E-state index contributed by atoms with van der Waals surface area (Å²) >= 11 is 0. The van der Waals surface area contributed by atoms with Crippen LogP contribution in [0.4, 0.5) is 5.95 Å². The molecule has 0 bridgehead atoms. The summed E-state index contributed by atoms with van der Waals surface area (Å²) in [4.78, 5) is 26.6. The molecule has 0 saturated carbocycles. The summed E-state index contributed by atoms with van der Waals surface area (Å²) in [5.41, 5.74) is 6.04. The van der Waals surface area contributed by atoms with Gasteiger partial charge in [-0.25, -0.2) is 14.6 Å². The molecule has 0 fully saturated rings. The normalized spacial score (nSPS) is 17.1. The Hall–Kier alpha value is -4.23. The number of aromatic nitrogens is 6. The van der Waals surface area contributed by atoms with E-state index in [1.165, 1.54) is 11.1 Å². The fourth-order valence-corrected chi connectivity index (χ4v) is 3.76. The van der Waals surface area contributed by atoms with Crippen LogP contribution in [0.3, 0.4) is 0 Å². The number of benzene rings is 1. The first-order valence-corrected chi connectivity index (χ1v) is 9.96. The highest BCUT2D eigenvalue weighted by molar-refractivity contribution is 6.05. The van der Waals surface area contributed by atoms with Gasteiger partial charge in [-0.15, -0.1) is 0 Å². The third-order valence-corrected chi connectivity index (χ3v) is 5.38. The number of aliphatic hydroxyl groups is 1. The zero-order valence-corrected chi connectivity index (χ0v) is 17.5. The summed E-state index contributed by atoms with van der Waals surface area (Å²) in [6.45, 7) is 0.664. The van der Waals surface area contributed by atoms with E-state index in [4.69, 9.17) is 5.73 Å². The van der Waals surface area contributed by atoms with Crippen LogP contribution in [0.15, 0.2) is 42.9 Å². The first-order valence-electron chi connectivity index (χ1n) is 9.96. The Morgan fingerprint density at radius 2 is 2.09 bits per heavy atom. The number of carbonyl (C=O) groups excluding carboxylic acids is 1. The highest BCUT2D eigenvalue weighted by atomic mass is 16.3. The third-order valence-electron chi connectivity index (χ3n) is 5.38. The van der Waals surface area contributed by atoms with Crippen molar-refractivity contribution < 1.29 is 9.90 Å². The number of nitrogens with zero attached hydrogens (tertiary/aromatic N) is 7. The van der Waals surface area contributed by atoms with Crippen molar-refractivity contribution in [2.24, 2.45) is 0 Å². The van der Waals surface area contributed by atoms with Gasteiger partial charge in [0.15, 0.2) is 22.9 Å². The fraction of sp³-hybridized carbons (Fsp3) is 0.227. The summed E-state index contributed by atoms with van der Waals surface area (Å²) in [6.07, 6.45) is 5.49. The van der Waals surface area contributed by atoms with Gasteiger partial charge in [-0.1, -0.05) is 11.8 Å². The van der Waals surface area contributed by atoms with E-state index in [1.807, 2.05) is 16.8 Å². The van der Waals surface area contributed by atoms with Crippen LogP contribution in [-0.2, 0) is 12.1 Å². The van der Waals surface area contributed by atoms with Gasteiger partial charge in [-0.2, -0.15) is 10.1 Å². The number of imidazole rings is 1. The summed E-state index contributed by atoms with van der Waals surface area (Å²) in [5.74, 6) is 6.87. The van der Waals surface area contributed by atoms with E-state index >= 15 is 0 Å². The molecule has 1 aliphatic rings. The minimum absolute atomic E-state index is 0.0986. The molecular weight excluding hydrogens is 408 g/mol. The van der Waals surface area contributed by atoms with Gasteiger partial charge in [-0.3, -0.25) is 4.79 Å². The largest absolute Gasteiger partial charge is 0.371 e. The Morgan fingerprint density at radius 1 is 1.25 bits per heavy atom. The molecule has 0 radical (unpaired) electrons. The molecule has 5 rings (SSSR count). The van der Waals surface area contributed by atoms with Crippen LogP contribution >= 0.6 is 0 Å². The van der Waals surface area contributed by atoms with Crippen molar-refractivity contribution >= 4 is 22.8 Å². The number of anilines is 1. The van der Waals surface area contributed by atoms with Gasteiger partial charge in [0.1, 0.15) is 0 Å². The molecule has 160 valence electrons. The minimum Gasteiger partial charge on any atom is -0.371 e. The van der Waals surface area contributed by atoms with E-state index in [2.05, 4.69) is 31.9 Å². The van der Waals surface area contributed by atoms with E-state index in [0.29, 0.717) is 41.1 Å². The molecule has 0 aliphatic carbocycles. The van der Waals surface area contributed by atoms with Crippen molar-refractivity contribution in [1.82, 2.24) is 34.2 Å². The van der Waals surface area contributed by atoms with Crippen LogP contribution in [0.25, 0.3) is 16.7 Å². The first kappa shape index (κ1) is 19.7. The number of hydrogen-bond donors (Lipinski definition) is 2. The lowest BCUT2D eigenvalue weighted by Crippen LogP contribution is -2.22. The molecule has 1 unspecified atom stereocenters. The minimum atomic E-state index is -1.30. The third kappa shape index (κ3) is 3.16. The quantitative estimate of drug-likeness (QED) is 0.455. The molecule has 1 amide bonds. The van der Waals surface area contributed by atoms with E-state index in [9.17, 15) is 9.90 Å². The predicted octanol–water partition coefficient (Wildman–Crippen LogP) is 0.939. The fourth-order valence-electron chi connectivity index (χ4n) is 3.76. The average Bonchev–Trinajstić information content (AvgIpc) is 3.47. The molecule has 1 atom stereocenters. The van der Waals surface area contributed by atoms with Gasteiger partial charge < -0.3 is 20.3 Å². The number of hydrogen-bond acceptors (Lipinski definition) is 7. The van der Waals surface area contributed by atoms with Gasteiger partial charge in [0.2, 0.25) is 5.95 Å². The molecule has 0 saturated heterocycles. The van der Waals surface area contributed by atoms with E-state index in [0.717, 1.165) is 0 Å². The molecule has 4 heterocycles. The second-order valence-electron chi connectivity index (χ2n) is 7.77. The molecule has 1 aromatic carbocycles. The van der Waals surface area contributed by atoms with Crippen LogP contribution < -0.4 is 5.73 Å². The number of amides is 1. The lowest BCUT2D eigenvalue weighted by atomic mass is 10.0. The number of aryl methyl sites for hydroxylation is 1. The Labute approximate surface area is 183 Å². The maximum absolute atomic E-state index is 12.7. The number of nitrogens with two attached hydrogens (primary N) is 1. The second-order valence-corrected chi connectivity index (χ2v) is 7.77. The van der Waals surface area contributed by atoms with Crippen LogP contribution in [0.5, 0.6) is 0 Å². The highest BCUT2D eigenvalue weighted by Crippen LogP contribution is 2.30. The zero-order chi connectivity index (χ0) is 22.5. The summed E-state index contributed by atoms with van der Waals surface area (Å²) in [6, 6.07) is 7.06. The smallest absolute Gasteiger partial charge is 0.274 e. The zero-order valence-electron chi connectivity index (χ0n) is 17.5. The molecule has 10 heteroatoms. The van der Waals surface area contributed by atoms with Gasteiger partial charge in [0.05, 0.1) is 5.52 Å². The van der Waals surface area contributed by atoms with Crippen molar-refractivity contribution in [1.29, 1.82) is 0 Å². The predicted molar refractivity (Wildman–Crippen MR) is 117 cm³/mol. The van der Waals surface area contributed by atoms with E-state index < -0.39 is 5.60 Å². The number of rotatable bonds is 2. The molecule has 3 aromatic heterocycles. The van der Waals surface area contributed by atoms with Gasteiger partial charge in [-0.05, 0) is 18.2 Å². The lowest BCUT2D eigenvalue weighted by molar-refractivity contribution is 0.0823.